The number of rotatable bonds is 5. The van der Waals surface area contributed by atoms with Crippen molar-refractivity contribution in [1.29, 1.82) is 0 Å². The number of hydrogen-bond acceptors (Lipinski definition) is 0. The second-order valence-electron chi connectivity index (χ2n) is 2.12. The Bertz CT molecular complexity index is 134. The fourth-order valence-corrected chi connectivity index (χ4v) is 1.11. The predicted molar refractivity (Wildman–Crippen MR) is 54.0 cm³/mol. The Hall–Kier alpha value is 0.350. The molecule has 0 saturated heterocycles. The minimum Gasteiger partial charge on any atom is -0.122 e. The van der Waals surface area contributed by atoms with Crippen molar-refractivity contribution < 1.29 is 0 Å². The smallest absolute Gasteiger partial charge is 0.0547 e. The van der Waals surface area contributed by atoms with Gasteiger partial charge in [0, 0.05) is 11.8 Å². The molecule has 0 aromatic heterocycles. The summed E-state index contributed by atoms with van der Waals surface area (Å²) in [6, 6.07) is 0. The third kappa shape index (κ3) is 5.60. The Morgan fingerprint density at radius 1 is 1.36 bits per heavy atom. The summed E-state index contributed by atoms with van der Waals surface area (Å²) in [7, 11) is 0. The molecule has 0 aliphatic carbocycles. The van der Waals surface area contributed by atoms with Gasteiger partial charge in [0.1, 0.15) is 0 Å². The summed E-state index contributed by atoms with van der Waals surface area (Å²) in [4.78, 5) is 0. The maximum atomic E-state index is 5.77. The Kier molecular flexibility index (Phi) is 7.25. The molecule has 0 rings (SSSR count). The van der Waals surface area contributed by atoms with Gasteiger partial charge in [-0.05, 0) is 12.0 Å². The Morgan fingerprint density at radius 3 is 2.27 bits per heavy atom. The van der Waals surface area contributed by atoms with E-state index < -0.39 is 0 Å². The zero-order chi connectivity index (χ0) is 8.69. The van der Waals surface area contributed by atoms with Crippen LogP contribution < -0.4 is 0 Å². The molecule has 0 fully saturated rings. The Labute approximate surface area is 82.8 Å². The van der Waals surface area contributed by atoms with Gasteiger partial charge < -0.3 is 0 Å². The highest BCUT2D eigenvalue weighted by Gasteiger charge is 1.97. The fourth-order valence-electron chi connectivity index (χ4n) is 0.520. The second kappa shape index (κ2) is 7.02. The fraction of sp³-hybridized carbons (Fsp3) is 0.500. The molecule has 0 bridgehead atoms. The van der Waals surface area contributed by atoms with Gasteiger partial charge in [0.2, 0.25) is 0 Å². The molecule has 1 unspecified atom stereocenters. The summed E-state index contributed by atoms with van der Waals surface area (Å²) in [6.45, 7) is 3.56. The van der Waals surface area contributed by atoms with Crippen molar-refractivity contribution in [3.63, 3.8) is 0 Å². The first kappa shape index (κ1) is 11.4. The van der Waals surface area contributed by atoms with Gasteiger partial charge in [0.25, 0.3) is 0 Å². The van der Waals surface area contributed by atoms with Crippen LogP contribution in [-0.2, 0) is 0 Å². The number of hydrogen-bond donors (Lipinski definition) is 0. The van der Waals surface area contributed by atoms with Crippen molar-refractivity contribution in [3.05, 3.63) is 24.3 Å². The third-order valence-electron chi connectivity index (χ3n) is 1.23. The predicted octanol–water partition coefficient (Wildman–Crippen LogP) is 3.57. The first-order chi connectivity index (χ1) is 5.24. The zero-order valence-electron chi connectivity index (χ0n) is 6.19. The molecule has 1 atom stereocenters. The molecule has 0 nitrogen and oxygen atoms in total. The lowest BCUT2D eigenvalue weighted by molar-refractivity contribution is 1.05. The van der Waals surface area contributed by atoms with Crippen LogP contribution in [0.15, 0.2) is 24.3 Å². The van der Waals surface area contributed by atoms with Crippen molar-refractivity contribution >= 4 is 34.8 Å². The van der Waals surface area contributed by atoms with Crippen molar-refractivity contribution in [2.75, 3.05) is 11.8 Å². The van der Waals surface area contributed by atoms with E-state index in [9.17, 15) is 0 Å². The highest BCUT2D eigenvalue weighted by molar-refractivity contribution is 6.23. The van der Waals surface area contributed by atoms with Crippen molar-refractivity contribution in [1.82, 2.24) is 0 Å². The Balaban J connectivity index is 3.77. The second-order valence-corrected chi connectivity index (χ2v) is 3.21. The maximum Gasteiger partial charge on any atom is 0.0547 e. The molecule has 0 aromatic carbocycles. The molecule has 0 aliphatic rings. The van der Waals surface area contributed by atoms with E-state index in [1.54, 1.807) is 6.08 Å². The van der Waals surface area contributed by atoms with Crippen LogP contribution in [0.4, 0.5) is 0 Å². The lowest BCUT2D eigenvalue weighted by Gasteiger charge is -2.00. The molecule has 11 heavy (non-hydrogen) atoms. The van der Waals surface area contributed by atoms with E-state index in [1.165, 1.54) is 0 Å². The van der Waals surface area contributed by atoms with E-state index in [4.69, 9.17) is 34.8 Å². The van der Waals surface area contributed by atoms with E-state index in [2.05, 4.69) is 6.58 Å². The van der Waals surface area contributed by atoms with E-state index in [-0.39, 0.29) is 5.38 Å². The van der Waals surface area contributed by atoms with Gasteiger partial charge in [-0.3, -0.25) is 0 Å². The lowest BCUT2D eigenvalue weighted by atomic mass is 10.2. The highest BCUT2D eigenvalue weighted by atomic mass is 35.5. The van der Waals surface area contributed by atoms with Gasteiger partial charge in [-0.1, -0.05) is 12.2 Å². The van der Waals surface area contributed by atoms with Gasteiger partial charge >= 0.3 is 0 Å². The molecule has 0 amide bonds. The number of alkyl halides is 3. The van der Waals surface area contributed by atoms with Crippen molar-refractivity contribution in [3.8, 4) is 0 Å². The van der Waals surface area contributed by atoms with E-state index in [0.717, 1.165) is 12.0 Å². The van der Waals surface area contributed by atoms with Crippen LogP contribution in [0.5, 0.6) is 0 Å². The van der Waals surface area contributed by atoms with Crippen LogP contribution in [0, 0.1) is 0 Å². The zero-order valence-corrected chi connectivity index (χ0v) is 8.46. The van der Waals surface area contributed by atoms with Crippen molar-refractivity contribution in [2.24, 2.45) is 0 Å². The lowest BCUT2D eigenvalue weighted by Crippen LogP contribution is -1.92. The standard InChI is InChI=1S/C8H11Cl3/c1-2-8(11)4-3-7(5-9)6-10/h2-3,8H,1,4-6H2. The quantitative estimate of drug-likeness (QED) is 0.484. The SMILES string of the molecule is C=CC(Cl)CC=C(CCl)CCl. The largest absolute Gasteiger partial charge is 0.122 e. The molecular weight excluding hydrogens is 202 g/mol. The van der Waals surface area contributed by atoms with Gasteiger partial charge in [0.05, 0.1) is 5.38 Å². The van der Waals surface area contributed by atoms with Crippen molar-refractivity contribution in [2.45, 2.75) is 11.8 Å². The highest BCUT2D eigenvalue weighted by Crippen LogP contribution is 2.08. The van der Waals surface area contributed by atoms with Crippen LogP contribution in [0.2, 0.25) is 0 Å². The monoisotopic (exact) mass is 212 g/mol. The van der Waals surface area contributed by atoms with E-state index in [0.29, 0.717) is 11.8 Å². The number of allylic oxidation sites excluding steroid dienone is 3. The molecule has 0 N–H and O–H groups in total. The summed E-state index contributed by atoms with van der Waals surface area (Å²) < 4.78 is 0. The minimum absolute atomic E-state index is 0.0172. The van der Waals surface area contributed by atoms with E-state index in [1.807, 2.05) is 6.08 Å². The molecule has 0 spiro atoms. The summed E-state index contributed by atoms with van der Waals surface area (Å²) in [6.07, 6.45) is 4.40. The summed E-state index contributed by atoms with van der Waals surface area (Å²) >= 11 is 16.9. The maximum absolute atomic E-state index is 5.77. The van der Waals surface area contributed by atoms with Gasteiger partial charge in [-0.15, -0.1) is 41.4 Å². The van der Waals surface area contributed by atoms with Crippen LogP contribution in [-0.4, -0.2) is 17.1 Å². The topological polar surface area (TPSA) is 0 Å². The summed E-state index contributed by atoms with van der Waals surface area (Å²) in [5, 5.41) is -0.0172. The van der Waals surface area contributed by atoms with Gasteiger partial charge in [-0.2, -0.15) is 0 Å². The first-order valence-electron chi connectivity index (χ1n) is 3.31. The number of halogens is 3. The average molecular weight is 214 g/mol. The Morgan fingerprint density at radius 2 is 1.91 bits per heavy atom. The molecule has 3 heteroatoms. The molecule has 0 radical (unpaired) electrons. The van der Waals surface area contributed by atoms with Crippen LogP contribution in [0.3, 0.4) is 0 Å². The van der Waals surface area contributed by atoms with Gasteiger partial charge in [0.15, 0.2) is 0 Å². The van der Waals surface area contributed by atoms with Gasteiger partial charge in [-0.25, -0.2) is 0 Å². The summed E-state index contributed by atoms with van der Waals surface area (Å²) in [5.41, 5.74) is 1.01. The first-order valence-corrected chi connectivity index (χ1v) is 4.81. The molecule has 64 valence electrons. The average Bonchev–Trinajstić information content (AvgIpc) is 2.06. The van der Waals surface area contributed by atoms with Crippen LogP contribution in [0.25, 0.3) is 0 Å². The molecule has 0 saturated carbocycles. The minimum atomic E-state index is -0.0172. The summed E-state index contributed by atoms with van der Waals surface area (Å²) in [5.74, 6) is 0.953. The third-order valence-corrected chi connectivity index (χ3v) is 2.27. The van der Waals surface area contributed by atoms with Crippen LogP contribution >= 0.6 is 34.8 Å². The molecule has 0 aromatic rings. The molecular formula is C8H11Cl3. The molecule has 0 heterocycles. The van der Waals surface area contributed by atoms with E-state index >= 15 is 0 Å². The van der Waals surface area contributed by atoms with Crippen LogP contribution in [0.1, 0.15) is 6.42 Å². The molecule has 0 aliphatic heterocycles. The normalized spacial score (nSPS) is 12.3.